The molecule has 53 heavy (non-hydrogen) atoms. The zero-order valence-electron chi connectivity index (χ0n) is 30.4. The van der Waals surface area contributed by atoms with Gasteiger partial charge in [-0.1, -0.05) is 13.8 Å². The van der Waals surface area contributed by atoms with Crippen molar-refractivity contribution in [3.05, 3.63) is 24.2 Å². The van der Waals surface area contributed by atoms with Gasteiger partial charge in [0.05, 0.1) is 32.7 Å². The zero-order valence-corrected chi connectivity index (χ0v) is 30.4. The summed E-state index contributed by atoms with van der Waals surface area (Å²) in [6.45, 7) is 4.40. The number of aliphatic hydroxyl groups is 5. The first-order valence-electron chi connectivity index (χ1n) is 17.0. The molecule has 0 spiro atoms. The van der Waals surface area contributed by atoms with E-state index in [0.29, 0.717) is 0 Å². The van der Waals surface area contributed by atoms with Gasteiger partial charge in [0.25, 0.3) is 0 Å². The maximum atomic E-state index is 13.8. The average molecular weight is 755 g/mol. The van der Waals surface area contributed by atoms with Crippen LogP contribution in [-0.4, -0.2) is 123 Å². The van der Waals surface area contributed by atoms with Gasteiger partial charge in [0.2, 0.25) is 0 Å². The van der Waals surface area contributed by atoms with Crippen LogP contribution in [-0.2, 0) is 57.2 Å². The van der Waals surface area contributed by atoms with Crippen LogP contribution in [0.2, 0.25) is 0 Å². The van der Waals surface area contributed by atoms with Crippen LogP contribution in [0.4, 0.5) is 0 Å². The lowest BCUT2D eigenvalue weighted by atomic mass is 9.31. The molecule has 1 aromatic rings. The van der Waals surface area contributed by atoms with Crippen LogP contribution in [0.5, 0.6) is 0 Å². The Labute approximate surface area is 303 Å². The second kappa shape index (κ2) is 13.3. The molecule has 1 aliphatic heterocycles. The maximum Gasteiger partial charge on any atom is 0.306 e. The van der Waals surface area contributed by atoms with Gasteiger partial charge in [0.15, 0.2) is 12.2 Å². The Kier molecular flexibility index (Phi) is 10.1. The summed E-state index contributed by atoms with van der Waals surface area (Å²) in [6, 6.07) is 1.40. The predicted molar refractivity (Wildman–Crippen MR) is 170 cm³/mol. The van der Waals surface area contributed by atoms with Crippen LogP contribution in [0.15, 0.2) is 23.0 Å². The number of furan rings is 1. The van der Waals surface area contributed by atoms with Gasteiger partial charge in [-0.05, 0) is 18.4 Å². The Bertz CT molecular complexity index is 1660. The molecule has 18 heteroatoms. The summed E-state index contributed by atoms with van der Waals surface area (Å²) < 4.78 is 38.7. The first-order valence-corrected chi connectivity index (χ1v) is 17.0. The highest BCUT2D eigenvalue weighted by Crippen LogP contribution is 2.75. The highest BCUT2D eigenvalue weighted by molar-refractivity contribution is 5.74. The Hall–Kier alpha value is -4.10. The minimum Gasteiger partial charge on any atom is -0.472 e. The minimum absolute atomic E-state index is 0.155. The van der Waals surface area contributed by atoms with E-state index in [4.69, 9.17) is 32.8 Å². The van der Waals surface area contributed by atoms with Crippen LogP contribution in [0, 0.1) is 28.1 Å². The molecule has 4 fully saturated rings. The number of fused-ring (bicyclic) bond motifs is 6. The molecule has 1 saturated heterocycles. The molecular weight excluding hydrogens is 708 g/mol. The smallest absolute Gasteiger partial charge is 0.306 e. The Morgan fingerprint density at radius 1 is 0.925 bits per heavy atom. The molecule has 2 bridgehead atoms. The fourth-order valence-electron chi connectivity index (χ4n) is 10.4. The van der Waals surface area contributed by atoms with Crippen molar-refractivity contribution < 1.29 is 87.1 Å². The number of carbonyl (C=O) groups is 6. The molecule has 3 saturated carbocycles. The number of esters is 6. The topological polar surface area (TPSA) is 272 Å². The quantitative estimate of drug-likeness (QED) is 0.155. The molecule has 13 atom stereocenters. The first kappa shape index (κ1) is 40.1. The summed E-state index contributed by atoms with van der Waals surface area (Å²) in [5.74, 6) is -9.70. The normalized spacial score (nSPS) is 42.9. The van der Waals surface area contributed by atoms with E-state index in [1.54, 1.807) is 0 Å². The van der Waals surface area contributed by atoms with Crippen molar-refractivity contribution in [1.82, 2.24) is 0 Å². The van der Waals surface area contributed by atoms with E-state index < -0.39 is 144 Å². The van der Waals surface area contributed by atoms with Crippen molar-refractivity contribution in [1.29, 1.82) is 0 Å². The lowest BCUT2D eigenvalue weighted by molar-refractivity contribution is -0.450. The van der Waals surface area contributed by atoms with Crippen molar-refractivity contribution in [2.24, 2.45) is 28.1 Å². The minimum atomic E-state index is -3.27. The molecule has 5 N–H and O–H groups in total. The van der Waals surface area contributed by atoms with Gasteiger partial charge in [0, 0.05) is 61.8 Å². The summed E-state index contributed by atoms with van der Waals surface area (Å²) >= 11 is 0. The molecule has 294 valence electrons. The third-order valence-electron chi connectivity index (χ3n) is 12.3. The van der Waals surface area contributed by atoms with E-state index in [0.717, 1.165) is 34.8 Å². The highest BCUT2D eigenvalue weighted by Gasteiger charge is 2.91. The molecule has 0 amide bonds. The fourth-order valence-corrected chi connectivity index (χ4v) is 10.4. The van der Waals surface area contributed by atoms with E-state index in [1.165, 1.54) is 32.4 Å². The molecule has 1 aromatic heterocycles. The number of rotatable bonds is 9. The van der Waals surface area contributed by atoms with Crippen molar-refractivity contribution in [2.75, 3.05) is 20.3 Å². The van der Waals surface area contributed by atoms with Crippen LogP contribution >= 0.6 is 0 Å². The average Bonchev–Trinajstić information content (AvgIpc) is 3.62. The number of aliphatic hydroxyl groups excluding tert-OH is 2. The van der Waals surface area contributed by atoms with Crippen molar-refractivity contribution in [3.8, 4) is 0 Å². The van der Waals surface area contributed by atoms with Gasteiger partial charge in [-0.25, -0.2) is 0 Å². The Balaban J connectivity index is 2.02. The molecule has 3 aliphatic carbocycles. The zero-order chi connectivity index (χ0) is 39.7. The van der Waals surface area contributed by atoms with Gasteiger partial charge in [-0.2, -0.15) is 0 Å². The molecule has 18 nitrogen and oxygen atoms in total. The summed E-state index contributed by atoms with van der Waals surface area (Å²) in [5, 5.41) is 64.6. The van der Waals surface area contributed by atoms with Gasteiger partial charge >= 0.3 is 35.8 Å². The van der Waals surface area contributed by atoms with E-state index in [2.05, 4.69) is 0 Å². The first-order chi connectivity index (χ1) is 24.6. The summed E-state index contributed by atoms with van der Waals surface area (Å²) in [4.78, 5) is 78.4. The van der Waals surface area contributed by atoms with Gasteiger partial charge in [0.1, 0.15) is 41.7 Å². The number of methoxy groups -OCH3 is 1. The highest BCUT2D eigenvalue weighted by atomic mass is 16.6. The maximum absolute atomic E-state index is 13.8. The molecule has 2 heterocycles. The van der Waals surface area contributed by atoms with Crippen LogP contribution in [0.3, 0.4) is 0 Å². The monoisotopic (exact) mass is 754 g/mol. The van der Waals surface area contributed by atoms with Crippen molar-refractivity contribution >= 4 is 35.8 Å². The van der Waals surface area contributed by atoms with E-state index >= 15 is 0 Å². The second-order valence-electron chi connectivity index (χ2n) is 15.2. The molecular formula is C35H46O18. The van der Waals surface area contributed by atoms with Gasteiger partial charge < -0.3 is 58.4 Å². The number of ether oxygens (including phenoxy) is 6. The van der Waals surface area contributed by atoms with Crippen molar-refractivity contribution in [3.63, 3.8) is 0 Å². The lowest BCUT2D eigenvalue weighted by Gasteiger charge is -2.78. The molecule has 4 aliphatic rings. The predicted octanol–water partition coefficient (Wildman–Crippen LogP) is -0.602. The number of carbonyl (C=O) groups excluding carboxylic acids is 6. The Morgan fingerprint density at radius 2 is 1.53 bits per heavy atom. The van der Waals surface area contributed by atoms with E-state index in [-0.39, 0.29) is 5.56 Å². The number of hydrogen-bond donors (Lipinski definition) is 5. The summed E-state index contributed by atoms with van der Waals surface area (Å²) in [5.41, 5.74) is -15.8. The van der Waals surface area contributed by atoms with Gasteiger partial charge in [-0.3, -0.25) is 28.8 Å². The lowest BCUT2D eigenvalue weighted by Crippen LogP contribution is -2.95. The molecule has 5 rings (SSSR count). The summed E-state index contributed by atoms with van der Waals surface area (Å²) in [6.07, 6.45) is -10.5. The number of hydrogen-bond acceptors (Lipinski definition) is 18. The second-order valence-corrected chi connectivity index (χ2v) is 15.2. The molecule has 0 radical (unpaired) electrons. The van der Waals surface area contributed by atoms with Crippen LogP contribution in [0.1, 0.15) is 72.5 Å². The van der Waals surface area contributed by atoms with E-state index in [1.807, 2.05) is 0 Å². The Morgan fingerprint density at radius 3 is 2.04 bits per heavy atom. The third kappa shape index (κ3) is 5.46. The largest absolute Gasteiger partial charge is 0.472 e. The standard InChI is InChI=1S/C35H46O18/c1-16(37)49-15-32-13-33(44,28(51-18(3)39)30(5,14-36)21(32)10-23(41)47-7)29(52-19(4)40)34(45)22-11-24(42)53-26(20-8-9-48-12-20)31(22,6)25(43)27(35(32,34)46)50-17(2)38/h8-9,12,21-22,25-29,36,43-46H,10-11,13-15H2,1-7H3/t21-,22+,25-,26-,27+,28-,29+,30+,31-,32+,33-,34+,35-/m0/s1. The SMILES string of the molecule is COC(=O)C[C@H]1[C@@](C)(CO)[C@H](OC(C)=O)[C@@]2(O)C[C@]1(COC(C)=O)[C@@]1(O)[C@H](OC(C)=O)[C@H](O)[C@]3(C)[C@@H](CC(=O)O[C@H]3c3ccoc3)[C@@]1(O)[C@@H]2OC(C)=O. The van der Waals surface area contributed by atoms with Crippen LogP contribution < -0.4 is 0 Å². The number of cyclic esters (lactones) is 1. The molecule has 0 unspecified atom stereocenters. The van der Waals surface area contributed by atoms with Gasteiger partial charge in [-0.15, -0.1) is 0 Å². The fraction of sp³-hybridized carbons (Fsp3) is 0.714. The third-order valence-corrected chi connectivity index (χ3v) is 12.3. The molecule has 0 aromatic carbocycles. The van der Waals surface area contributed by atoms with Crippen molar-refractivity contribution in [2.45, 2.75) is 108 Å². The van der Waals surface area contributed by atoms with Crippen LogP contribution in [0.25, 0.3) is 0 Å². The summed E-state index contributed by atoms with van der Waals surface area (Å²) in [7, 11) is 1.03. The van der Waals surface area contributed by atoms with E-state index in [9.17, 15) is 54.3 Å².